The van der Waals surface area contributed by atoms with Crippen molar-refractivity contribution >= 4 is 22.0 Å². The zero-order valence-electron chi connectivity index (χ0n) is 6.60. The number of rotatable bonds is 2. The van der Waals surface area contributed by atoms with Crippen LogP contribution in [-0.2, 0) is 0 Å². The van der Waals surface area contributed by atoms with Crippen LogP contribution >= 0.6 is 15.9 Å². The van der Waals surface area contributed by atoms with E-state index in [9.17, 15) is 8.78 Å². The van der Waals surface area contributed by atoms with E-state index >= 15 is 0 Å². The van der Waals surface area contributed by atoms with Crippen molar-refractivity contribution in [2.75, 3.05) is 6.61 Å². The molecule has 0 radical (unpaired) electrons. The molecule has 1 aromatic carbocycles. The van der Waals surface area contributed by atoms with Gasteiger partial charge in [0.05, 0.1) is 11.1 Å². The number of halogens is 3. The fourth-order valence-electron chi connectivity index (χ4n) is 0.845. The van der Waals surface area contributed by atoms with E-state index in [0.717, 1.165) is 12.1 Å². The van der Waals surface area contributed by atoms with Gasteiger partial charge < -0.3 is 5.11 Å². The zero-order valence-corrected chi connectivity index (χ0v) is 8.18. The van der Waals surface area contributed by atoms with Crippen molar-refractivity contribution in [1.29, 1.82) is 0 Å². The molecule has 1 rings (SSSR count). The molecule has 0 aromatic heterocycles. The average Bonchev–Trinajstić information content (AvgIpc) is 2.09. The standard InChI is InChI=1S/C9H7BrF2O/c10-7-5-8(11)6(2-1-3-13)4-9(7)12/h1-2,4-5,13H,3H2. The van der Waals surface area contributed by atoms with Gasteiger partial charge in [0.1, 0.15) is 11.6 Å². The molecule has 0 aliphatic heterocycles. The van der Waals surface area contributed by atoms with Crippen LogP contribution in [0.3, 0.4) is 0 Å². The molecule has 0 bridgehead atoms. The van der Waals surface area contributed by atoms with Gasteiger partial charge in [-0.15, -0.1) is 0 Å². The number of hydrogen-bond acceptors (Lipinski definition) is 1. The minimum Gasteiger partial charge on any atom is -0.392 e. The first-order chi connectivity index (χ1) is 6.15. The molecule has 0 aliphatic rings. The molecule has 1 aromatic rings. The second-order valence-corrected chi connectivity index (χ2v) is 3.23. The van der Waals surface area contributed by atoms with Crippen molar-refractivity contribution in [3.63, 3.8) is 0 Å². The maximum atomic E-state index is 13.0. The average molecular weight is 249 g/mol. The summed E-state index contributed by atoms with van der Waals surface area (Å²) in [5.41, 5.74) is 0.120. The van der Waals surface area contributed by atoms with Gasteiger partial charge >= 0.3 is 0 Å². The van der Waals surface area contributed by atoms with Crippen LogP contribution in [0.15, 0.2) is 22.7 Å². The van der Waals surface area contributed by atoms with Gasteiger partial charge in [0, 0.05) is 5.56 Å². The molecule has 0 spiro atoms. The second-order valence-electron chi connectivity index (χ2n) is 2.37. The molecule has 0 amide bonds. The van der Waals surface area contributed by atoms with Crippen LogP contribution < -0.4 is 0 Å². The fraction of sp³-hybridized carbons (Fsp3) is 0.111. The second kappa shape index (κ2) is 4.48. The Labute approximate surface area is 82.8 Å². The van der Waals surface area contributed by atoms with Crippen LogP contribution in [-0.4, -0.2) is 11.7 Å². The van der Waals surface area contributed by atoms with E-state index in [4.69, 9.17) is 5.11 Å². The fourth-order valence-corrected chi connectivity index (χ4v) is 1.16. The number of aliphatic hydroxyl groups is 1. The molecule has 4 heteroatoms. The molecule has 0 aliphatic carbocycles. The predicted molar refractivity (Wildman–Crippen MR) is 50.2 cm³/mol. The Hall–Kier alpha value is -0.740. The monoisotopic (exact) mass is 248 g/mol. The normalized spacial score (nSPS) is 11.1. The molecule has 0 saturated heterocycles. The molecule has 0 fully saturated rings. The van der Waals surface area contributed by atoms with Crippen molar-refractivity contribution in [2.45, 2.75) is 0 Å². The highest BCUT2D eigenvalue weighted by molar-refractivity contribution is 9.10. The van der Waals surface area contributed by atoms with Gasteiger partial charge in [-0.25, -0.2) is 8.78 Å². The van der Waals surface area contributed by atoms with E-state index in [2.05, 4.69) is 15.9 Å². The molecule has 1 nitrogen and oxygen atoms in total. The lowest BCUT2D eigenvalue weighted by atomic mass is 10.2. The molecule has 1 N–H and O–H groups in total. The highest BCUT2D eigenvalue weighted by Crippen LogP contribution is 2.20. The molecular weight excluding hydrogens is 242 g/mol. The SMILES string of the molecule is OCC=Cc1cc(F)c(Br)cc1F. The molecule has 0 saturated carbocycles. The lowest BCUT2D eigenvalue weighted by Crippen LogP contribution is -1.86. The number of hydrogen-bond donors (Lipinski definition) is 1. The van der Waals surface area contributed by atoms with Crippen molar-refractivity contribution in [1.82, 2.24) is 0 Å². The molecule has 0 heterocycles. The first kappa shape index (κ1) is 10.3. The van der Waals surface area contributed by atoms with E-state index < -0.39 is 11.6 Å². The van der Waals surface area contributed by atoms with Crippen molar-refractivity contribution in [3.05, 3.63) is 39.9 Å². The van der Waals surface area contributed by atoms with Gasteiger partial charge in [-0.1, -0.05) is 12.2 Å². The van der Waals surface area contributed by atoms with E-state index in [1.165, 1.54) is 12.2 Å². The first-order valence-electron chi connectivity index (χ1n) is 3.57. The minimum absolute atomic E-state index is 0.0890. The van der Waals surface area contributed by atoms with Gasteiger partial charge in [0.15, 0.2) is 0 Å². The maximum Gasteiger partial charge on any atom is 0.138 e. The summed E-state index contributed by atoms with van der Waals surface area (Å²) >= 11 is 2.86. The highest BCUT2D eigenvalue weighted by Gasteiger charge is 2.04. The summed E-state index contributed by atoms with van der Waals surface area (Å²) in [6.45, 7) is -0.197. The number of aliphatic hydroxyl groups excluding tert-OH is 1. The lowest BCUT2D eigenvalue weighted by molar-refractivity contribution is 0.343. The van der Waals surface area contributed by atoms with E-state index in [0.29, 0.717) is 0 Å². The Morgan fingerprint density at radius 3 is 2.62 bits per heavy atom. The van der Waals surface area contributed by atoms with Crippen LogP contribution in [0.5, 0.6) is 0 Å². The molecule has 70 valence electrons. The maximum absolute atomic E-state index is 13.0. The van der Waals surface area contributed by atoms with Crippen LogP contribution in [0, 0.1) is 11.6 Å². The van der Waals surface area contributed by atoms with Gasteiger partial charge in [0.25, 0.3) is 0 Å². The summed E-state index contributed by atoms with van der Waals surface area (Å²) in [5, 5.41) is 8.43. The van der Waals surface area contributed by atoms with Crippen molar-refractivity contribution < 1.29 is 13.9 Å². The van der Waals surface area contributed by atoms with Gasteiger partial charge in [-0.2, -0.15) is 0 Å². The Kier molecular flexibility index (Phi) is 3.57. The summed E-state index contributed by atoms with van der Waals surface area (Å²) in [4.78, 5) is 0. The first-order valence-corrected chi connectivity index (χ1v) is 4.36. The lowest BCUT2D eigenvalue weighted by Gasteiger charge is -1.99. The topological polar surface area (TPSA) is 20.2 Å². The Bertz CT molecular complexity index is 337. The third-order valence-electron chi connectivity index (χ3n) is 1.44. The van der Waals surface area contributed by atoms with Crippen molar-refractivity contribution in [2.24, 2.45) is 0 Å². The summed E-state index contributed by atoms with van der Waals surface area (Å²) in [5.74, 6) is -1.06. The highest BCUT2D eigenvalue weighted by atomic mass is 79.9. The summed E-state index contributed by atoms with van der Waals surface area (Å²) < 4.78 is 26.0. The van der Waals surface area contributed by atoms with E-state index in [1.807, 2.05) is 0 Å². The van der Waals surface area contributed by atoms with Crippen molar-refractivity contribution in [3.8, 4) is 0 Å². The van der Waals surface area contributed by atoms with Gasteiger partial charge in [-0.05, 0) is 28.1 Å². The van der Waals surface area contributed by atoms with Crippen LogP contribution in [0.4, 0.5) is 8.78 Å². The van der Waals surface area contributed by atoms with Gasteiger partial charge in [0.2, 0.25) is 0 Å². The zero-order chi connectivity index (χ0) is 9.84. The van der Waals surface area contributed by atoms with Crippen LogP contribution in [0.25, 0.3) is 6.08 Å². The minimum atomic E-state index is -0.530. The van der Waals surface area contributed by atoms with Gasteiger partial charge in [-0.3, -0.25) is 0 Å². The predicted octanol–water partition coefficient (Wildman–Crippen LogP) is 2.73. The summed E-state index contributed by atoms with van der Waals surface area (Å²) in [6.07, 6.45) is 2.66. The molecule has 0 unspecified atom stereocenters. The summed E-state index contributed by atoms with van der Waals surface area (Å²) in [6, 6.07) is 2.11. The van der Waals surface area contributed by atoms with Crippen LogP contribution in [0.1, 0.15) is 5.56 Å². The van der Waals surface area contributed by atoms with Crippen LogP contribution in [0.2, 0.25) is 0 Å². The van der Waals surface area contributed by atoms with E-state index in [-0.39, 0.29) is 16.6 Å². The molecule has 0 atom stereocenters. The molecular formula is C9H7BrF2O. The third-order valence-corrected chi connectivity index (χ3v) is 2.05. The number of benzene rings is 1. The molecule has 13 heavy (non-hydrogen) atoms. The Balaban J connectivity index is 3.08. The smallest absolute Gasteiger partial charge is 0.138 e. The Morgan fingerprint density at radius 2 is 2.00 bits per heavy atom. The quantitative estimate of drug-likeness (QED) is 0.799. The third kappa shape index (κ3) is 2.60. The summed E-state index contributed by atoms with van der Waals surface area (Å²) in [7, 11) is 0. The largest absolute Gasteiger partial charge is 0.392 e. The Morgan fingerprint density at radius 1 is 1.31 bits per heavy atom. The van der Waals surface area contributed by atoms with E-state index in [1.54, 1.807) is 0 Å².